The zero-order valence-corrected chi connectivity index (χ0v) is 18.3. The second-order valence-corrected chi connectivity index (χ2v) is 7.49. The number of hydrogen-bond acceptors (Lipinski definition) is 7. The lowest BCUT2D eigenvalue weighted by molar-refractivity contribution is 0.0777. The Bertz CT molecular complexity index is 1060. The van der Waals surface area contributed by atoms with E-state index in [0.29, 0.717) is 27.8 Å². The molecule has 0 aliphatic rings. The van der Waals surface area contributed by atoms with Crippen LogP contribution >= 0.6 is 15.9 Å². The molecule has 1 aromatic carbocycles. The average molecular weight is 478 g/mol. The van der Waals surface area contributed by atoms with Crippen LogP contribution in [0.4, 0.5) is 10.2 Å². The number of amides is 1. The van der Waals surface area contributed by atoms with Gasteiger partial charge in [-0.15, -0.1) is 0 Å². The smallest absolute Gasteiger partial charge is 0.258 e. The molecule has 10 heteroatoms. The van der Waals surface area contributed by atoms with Gasteiger partial charge < -0.3 is 19.9 Å². The molecule has 0 saturated carbocycles. The zero-order valence-electron chi connectivity index (χ0n) is 16.7. The Morgan fingerprint density at radius 1 is 1.40 bits per heavy atom. The van der Waals surface area contributed by atoms with Crippen molar-refractivity contribution in [3.63, 3.8) is 0 Å². The van der Waals surface area contributed by atoms with Crippen molar-refractivity contribution in [1.82, 2.24) is 20.0 Å². The highest BCUT2D eigenvalue weighted by atomic mass is 79.9. The van der Waals surface area contributed by atoms with Crippen molar-refractivity contribution < 1.29 is 18.4 Å². The fraction of sp³-hybridized carbons (Fsp3) is 0.300. The molecule has 3 aromatic rings. The van der Waals surface area contributed by atoms with Gasteiger partial charge in [-0.1, -0.05) is 12.1 Å². The monoisotopic (exact) mass is 477 g/mol. The van der Waals surface area contributed by atoms with Gasteiger partial charge in [0.2, 0.25) is 0 Å². The van der Waals surface area contributed by atoms with Crippen LogP contribution in [-0.4, -0.2) is 33.0 Å². The molecule has 0 unspecified atom stereocenters. The van der Waals surface area contributed by atoms with Crippen LogP contribution in [0.25, 0.3) is 0 Å². The van der Waals surface area contributed by atoms with Gasteiger partial charge in [-0.2, -0.15) is 0 Å². The molecule has 2 N–H and O–H groups in total. The summed E-state index contributed by atoms with van der Waals surface area (Å²) in [7, 11) is 1.64. The van der Waals surface area contributed by atoms with Crippen LogP contribution in [0.15, 0.2) is 39.6 Å². The number of rotatable bonds is 7. The number of benzene rings is 1. The fourth-order valence-electron chi connectivity index (χ4n) is 2.86. The molecule has 30 heavy (non-hydrogen) atoms. The Morgan fingerprint density at radius 2 is 2.17 bits per heavy atom. The number of hydrogen-bond donors (Lipinski definition) is 1. The van der Waals surface area contributed by atoms with Gasteiger partial charge in [0.25, 0.3) is 11.8 Å². The summed E-state index contributed by atoms with van der Waals surface area (Å²) in [5, 5.41) is 3.96. The van der Waals surface area contributed by atoms with E-state index in [4.69, 9.17) is 15.0 Å². The van der Waals surface area contributed by atoms with E-state index in [-0.39, 0.29) is 24.1 Å². The maximum absolute atomic E-state index is 14.0. The summed E-state index contributed by atoms with van der Waals surface area (Å²) >= 11 is 3.21. The molecule has 0 fully saturated rings. The van der Waals surface area contributed by atoms with Crippen molar-refractivity contribution >= 4 is 27.7 Å². The third kappa shape index (κ3) is 4.93. The van der Waals surface area contributed by atoms with E-state index < -0.39 is 11.9 Å². The predicted molar refractivity (Wildman–Crippen MR) is 111 cm³/mol. The second-order valence-electron chi connectivity index (χ2n) is 6.67. The molecule has 2 aromatic heterocycles. The van der Waals surface area contributed by atoms with Crippen LogP contribution < -0.4 is 10.5 Å². The normalized spacial score (nSPS) is 11.9. The summed E-state index contributed by atoms with van der Waals surface area (Å²) in [4.78, 5) is 22.6. The molecule has 8 nitrogen and oxygen atoms in total. The largest absolute Gasteiger partial charge is 0.467 e. The summed E-state index contributed by atoms with van der Waals surface area (Å²) in [5.41, 5.74) is 7.10. The minimum absolute atomic E-state index is 0.0857. The van der Waals surface area contributed by atoms with Crippen molar-refractivity contribution in [2.75, 3.05) is 12.8 Å². The van der Waals surface area contributed by atoms with Crippen molar-refractivity contribution in [2.45, 2.75) is 32.9 Å². The molecule has 3 rings (SSSR count). The van der Waals surface area contributed by atoms with Gasteiger partial charge in [0, 0.05) is 30.7 Å². The molecule has 158 valence electrons. The number of nitrogen functional groups attached to an aromatic ring is 1. The Kier molecular flexibility index (Phi) is 6.66. The second kappa shape index (κ2) is 9.21. The highest BCUT2D eigenvalue weighted by Crippen LogP contribution is 2.28. The molecular formula is C20H21BrFN5O3. The number of halogens is 2. The van der Waals surface area contributed by atoms with Gasteiger partial charge >= 0.3 is 0 Å². The maximum Gasteiger partial charge on any atom is 0.258 e. The topological polar surface area (TPSA) is 107 Å². The van der Waals surface area contributed by atoms with Gasteiger partial charge in [0.05, 0.1) is 12.7 Å². The molecule has 0 radical (unpaired) electrons. The van der Waals surface area contributed by atoms with Gasteiger partial charge in [-0.3, -0.25) is 4.79 Å². The number of nitrogens with zero attached hydrogens (tertiary/aromatic N) is 4. The van der Waals surface area contributed by atoms with Gasteiger partial charge in [-0.05, 0) is 41.1 Å². The zero-order chi connectivity index (χ0) is 21.8. The quantitative estimate of drug-likeness (QED) is 0.549. The molecule has 2 heterocycles. The first-order valence-corrected chi connectivity index (χ1v) is 10.0. The minimum Gasteiger partial charge on any atom is -0.467 e. The summed E-state index contributed by atoms with van der Waals surface area (Å²) in [6.45, 7) is 3.88. The molecule has 0 aliphatic carbocycles. The molecule has 0 aliphatic heterocycles. The third-order valence-electron chi connectivity index (χ3n) is 4.41. The number of carbonyl (C=O) groups is 1. The molecule has 0 bridgehead atoms. The minimum atomic E-state index is -0.710. The molecule has 1 amide bonds. The first kappa shape index (κ1) is 21.7. The van der Waals surface area contributed by atoms with Crippen LogP contribution in [0, 0.1) is 5.82 Å². The SMILES string of the molecule is CCc1cc(CN(C)C(=O)c2ccc(F)cc2[C@@H](C)Oc2nc(Br)cnc2N)no1. The third-order valence-corrected chi connectivity index (χ3v) is 4.79. The van der Waals surface area contributed by atoms with Crippen LogP contribution in [0.1, 0.15) is 47.3 Å². The lowest BCUT2D eigenvalue weighted by Crippen LogP contribution is -2.28. The van der Waals surface area contributed by atoms with Crippen molar-refractivity contribution in [3.05, 3.63) is 63.5 Å². The van der Waals surface area contributed by atoms with E-state index in [9.17, 15) is 9.18 Å². The van der Waals surface area contributed by atoms with Gasteiger partial charge in [0.1, 0.15) is 28.0 Å². The van der Waals surface area contributed by atoms with Gasteiger partial charge in [0.15, 0.2) is 5.82 Å². The fourth-order valence-corrected chi connectivity index (χ4v) is 3.12. The van der Waals surface area contributed by atoms with Crippen LogP contribution in [0.3, 0.4) is 0 Å². The van der Waals surface area contributed by atoms with E-state index in [2.05, 4.69) is 31.1 Å². The van der Waals surface area contributed by atoms with E-state index in [1.165, 1.54) is 29.3 Å². The first-order valence-electron chi connectivity index (χ1n) is 9.22. The average Bonchev–Trinajstić information content (AvgIpc) is 3.17. The number of aromatic nitrogens is 3. The number of nitrogens with two attached hydrogens (primary N) is 1. The highest BCUT2D eigenvalue weighted by molar-refractivity contribution is 9.10. The molecule has 0 saturated heterocycles. The van der Waals surface area contributed by atoms with Crippen molar-refractivity contribution in [1.29, 1.82) is 0 Å². The van der Waals surface area contributed by atoms with Crippen molar-refractivity contribution in [3.8, 4) is 5.88 Å². The highest BCUT2D eigenvalue weighted by Gasteiger charge is 2.23. The van der Waals surface area contributed by atoms with E-state index >= 15 is 0 Å². The molecule has 0 spiro atoms. The lowest BCUT2D eigenvalue weighted by Gasteiger charge is -2.21. The lowest BCUT2D eigenvalue weighted by atomic mass is 10.0. The standard InChI is InChI=1S/C20H21BrFN5O3/c1-4-14-8-13(26-30-14)10-27(3)20(28)15-6-5-12(22)7-16(15)11(2)29-19-18(23)24-9-17(21)25-19/h5-9,11H,4,10H2,1-3H3,(H2,23,24)/t11-/m1/s1. The molecular weight excluding hydrogens is 457 g/mol. The molecule has 1 atom stereocenters. The predicted octanol–water partition coefficient (Wildman–Crippen LogP) is 3.92. The Balaban J connectivity index is 1.84. The van der Waals surface area contributed by atoms with E-state index in [0.717, 1.165) is 5.76 Å². The summed E-state index contributed by atoms with van der Waals surface area (Å²) in [5.74, 6) is 0.113. The van der Waals surface area contributed by atoms with Crippen LogP contribution in [-0.2, 0) is 13.0 Å². The maximum atomic E-state index is 14.0. The Morgan fingerprint density at radius 3 is 2.87 bits per heavy atom. The van der Waals surface area contributed by atoms with Crippen LogP contribution in [0.5, 0.6) is 5.88 Å². The number of aryl methyl sites for hydroxylation is 1. The van der Waals surface area contributed by atoms with E-state index in [1.54, 1.807) is 20.0 Å². The number of anilines is 1. The van der Waals surface area contributed by atoms with E-state index in [1.807, 2.05) is 6.92 Å². The first-order chi connectivity index (χ1) is 14.3. The Hall–Kier alpha value is -3.01. The Labute approximate surface area is 181 Å². The summed E-state index contributed by atoms with van der Waals surface area (Å²) in [6, 6.07) is 5.73. The van der Waals surface area contributed by atoms with Gasteiger partial charge in [-0.25, -0.2) is 14.4 Å². The number of carbonyl (C=O) groups excluding carboxylic acids is 1. The van der Waals surface area contributed by atoms with Crippen molar-refractivity contribution in [2.24, 2.45) is 0 Å². The summed E-state index contributed by atoms with van der Waals surface area (Å²) in [6.07, 6.45) is 1.44. The van der Waals surface area contributed by atoms with Crippen LogP contribution in [0.2, 0.25) is 0 Å². The number of ether oxygens (including phenoxy) is 1. The summed E-state index contributed by atoms with van der Waals surface area (Å²) < 4.78 is 25.4.